The minimum absolute atomic E-state index is 0.0564. The average Bonchev–Trinajstić information content (AvgIpc) is 3.71. The van der Waals surface area contributed by atoms with Gasteiger partial charge < -0.3 is 15.4 Å². The molecule has 2 N–H and O–H groups in total. The Morgan fingerprint density at radius 2 is 1.51 bits per heavy atom. The normalized spacial score (nSPS) is 13.1. The predicted molar refractivity (Wildman–Crippen MR) is 194 cm³/mol. The lowest BCUT2D eigenvalue weighted by Crippen LogP contribution is -2.45. The molecule has 1 aliphatic carbocycles. The second-order valence-corrected chi connectivity index (χ2v) is 14.7. The molecule has 7 rings (SSSR count). The topological polar surface area (TPSA) is 119 Å². The number of hydrogen-bond donors (Lipinski definition) is 2. The van der Waals surface area contributed by atoms with Crippen LogP contribution >= 0.6 is 0 Å². The molecule has 0 fully saturated rings. The van der Waals surface area contributed by atoms with Crippen molar-refractivity contribution in [3.8, 4) is 22.3 Å². The van der Waals surface area contributed by atoms with Crippen molar-refractivity contribution in [3.05, 3.63) is 139 Å². The van der Waals surface area contributed by atoms with Crippen LogP contribution < -0.4 is 10.6 Å². The van der Waals surface area contributed by atoms with Crippen LogP contribution in [0.2, 0.25) is 0 Å². The fourth-order valence-electron chi connectivity index (χ4n) is 6.68. The van der Waals surface area contributed by atoms with Gasteiger partial charge in [-0.25, -0.2) is 26.6 Å². The summed E-state index contributed by atoms with van der Waals surface area (Å²) in [5.74, 6) is -1.22. The van der Waals surface area contributed by atoms with Crippen LogP contribution in [0.25, 0.3) is 33.3 Å². The molecule has 0 unspecified atom stereocenters. The van der Waals surface area contributed by atoms with E-state index < -0.39 is 33.9 Å². The van der Waals surface area contributed by atoms with E-state index in [1.165, 1.54) is 36.7 Å². The molecule has 0 aliphatic heterocycles. The highest BCUT2D eigenvalue weighted by atomic mass is 32.2. The Morgan fingerprint density at radius 1 is 0.843 bits per heavy atom. The molecule has 51 heavy (non-hydrogen) atoms. The number of nitrogens with one attached hydrogen (secondary N) is 2. The average molecular weight is 703 g/mol. The highest BCUT2D eigenvalue weighted by Gasteiger charge is 2.30. The van der Waals surface area contributed by atoms with Gasteiger partial charge in [0.05, 0.1) is 4.90 Å². The van der Waals surface area contributed by atoms with E-state index in [9.17, 15) is 18.0 Å². The van der Waals surface area contributed by atoms with Crippen LogP contribution in [0, 0.1) is 11.7 Å². The maximum Gasteiger partial charge on any atom is 0.407 e. The molecule has 0 saturated carbocycles. The van der Waals surface area contributed by atoms with Crippen molar-refractivity contribution in [1.29, 1.82) is 0 Å². The van der Waals surface area contributed by atoms with Gasteiger partial charge in [0.25, 0.3) is 10.0 Å². The molecule has 1 aliphatic rings. The van der Waals surface area contributed by atoms with E-state index in [-0.39, 0.29) is 40.2 Å². The number of benzene rings is 4. The van der Waals surface area contributed by atoms with Crippen molar-refractivity contribution in [3.63, 3.8) is 0 Å². The third-order valence-electron chi connectivity index (χ3n) is 9.04. The van der Waals surface area contributed by atoms with E-state index in [1.54, 1.807) is 36.4 Å². The minimum atomic E-state index is -3.94. The molecule has 2 heterocycles. The summed E-state index contributed by atoms with van der Waals surface area (Å²) in [6.07, 6.45) is 2.43. The lowest BCUT2D eigenvalue weighted by molar-refractivity contribution is -0.118. The molecular weight excluding hydrogens is 668 g/mol. The molecule has 2 amide bonds. The van der Waals surface area contributed by atoms with Gasteiger partial charge in [-0.2, -0.15) is 0 Å². The summed E-state index contributed by atoms with van der Waals surface area (Å²) in [7, 11) is -3.94. The minimum Gasteiger partial charge on any atom is -0.449 e. The first kappa shape index (κ1) is 33.7. The standard InChI is InChI=1S/C40H35FN4O5S/c1-25(2)22-37(44-40(47)50-24-35-30-14-8-6-12-28(30)29-13-7-9-15-31(29)35)39(46)43-26-16-17-33(36(41)23-26)32-18-20-42-38-34(32)19-21-45(38)51(48,49)27-10-4-3-5-11-27/h3-21,23,25,35,37H,22,24H2,1-2H3,(H,43,46)(H,44,47)/t37-/m1/s1. The highest BCUT2D eigenvalue weighted by molar-refractivity contribution is 7.90. The smallest absolute Gasteiger partial charge is 0.407 e. The first-order valence-electron chi connectivity index (χ1n) is 16.6. The van der Waals surface area contributed by atoms with Crippen LogP contribution in [-0.4, -0.2) is 42.0 Å². The molecular formula is C40H35FN4O5S. The van der Waals surface area contributed by atoms with E-state index in [0.29, 0.717) is 17.4 Å². The number of pyridine rings is 1. The van der Waals surface area contributed by atoms with Crippen LogP contribution in [0.5, 0.6) is 0 Å². The summed E-state index contributed by atoms with van der Waals surface area (Å²) in [5, 5.41) is 5.88. The fourth-order valence-corrected chi connectivity index (χ4v) is 8.00. The quantitative estimate of drug-likeness (QED) is 0.150. The van der Waals surface area contributed by atoms with Gasteiger partial charge in [-0.05, 0) is 82.6 Å². The molecule has 0 spiro atoms. The van der Waals surface area contributed by atoms with Crippen molar-refractivity contribution in [2.75, 3.05) is 11.9 Å². The summed E-state index contributed by atoms with van der Waals surface area (Å²) < 4.78 is 49.1. The number of carbonyl (C=O) groups excluding carboxylic acids is 2. The first-order chi connectivity index (χ1) is 24.6. The molecule has 1 atom stereocenters. The maximum absolute atomic E-state index is 15.7. The van der Waals surface area contributed by atoms with Gasteiger partial charge in [0.15, 0.2) is 5.65 Å². The van der Waals surface area contributed by atoms with Crippen LogP contribution in [0.1, 0.15) is 37.3 Å². The van der Waals surface area contributed by atoms with Crippen LogP contribution in [0.15, 0.2) is 126 Å². The highest BCUT2D eigenvalue weighted by Crippen LogP contribution is 2.44. The number of carbonyl (C=O) groups is 2. The summed E-state index contributed by atoms with van der Waals surface area (Å²) >= 11 is 0. The largest absolute Gasteiger partial charge is 0.449 e. The fraction of sp³-hybridized carbons (Fsp3) is 0.175. The maximum atomic E-state index is 15.7. The number of fused-ring (bicyclic) bond motifs is 4. The number of halogens is 1. The van der Waals surface area contributed by atoms with Crippen LogP contribution in [-0.2, 0) is 19.6 Å². The molecule has 6 aromatic rings. The number of ether oxygens (including phenoxy) is 1. The Balaban J connectivity index is 1.05. The second-order valence-electron chi connectivity index (χ2n) is 12.9. The lowest BCUT2D eigenvalue weighted by atomic mass is 9.98. The molecule has 9 nitrogen and oxygen atoms in total. The number of hydrogen-bond acceptors (Lipinski definition) is 6. The summed E-state index contributed by atoms with van der Waals surface area (Å²) in [4.78, 5) is 30.9. The van der Waals surface area contributed by atoms with Crippen molar-refractivity contribution in [2.24, 2.45) is 5.92 Å². The first-order valence-corrected chi connectivity index (χ1v) is 18.0. The third kappa shape index (κ3) is 6.60. The number of nitrogens with zero attached hydrogens (tertiary/aromatic N) is 2. The van der Waals surface area contributed by atoms with Crippen LogP contribution in [0.3, 0.4) is 0 Å². The summed E-state index contributed by atoms with van der Waals surface area (Å²) in [6, 6.07) is 30.6. The Labute approximate surface area is 295 Å². The zero-order valence-electron chi connectivity index (χ0n) is 27.9. The van der Waals surface area contributed by atoms with Gasteiger partial charge in [-0.15, -0.1) is 0 Å². The Bertz CT molecular complexity index is 2330. The monoisotopic (exact) mass is 702 g/mol. The SMILES string of the molecule is CC(C)C[C@@H](NC(=O)OCC1c2ccccc2-c2ccccc21)C(=O)Nc1ccc(-c2ccnc3c2ccn3S(=O)(=O)c2ccccc2)c(F)c1. The Hall–Kier alpha value is -5.81. The summed E-state index contributed by atoms with van der Waals surface area (Å²) in [6.45, 7) is 3.97. The van der Waals surface area contributed by atoms with Gasteiger partial charge in [-0.3, -0.25) is 4.79 Å². The number of alkyl carbamates (subject to hydrolysis) is 1. The second kappa shape index (κ2) is 13.8. The molecule has 4 aromatic carbocycles. The zero-order valence-corrected chi connectivity index (χ0v) is 28.7. The number of aromatic nitrogens is 2. The Kier molecular flexibility index (Phi) is 9.14. The van der Waals surface area contributed by atoms with E-state index >= 15 is 4.39 Å². The molecule has 0 saturated heterocycles. The van der Waals surface area contributed by atoms with Gasteiger partial charge >= 0.3 is 6.09 Å². The van der Waals surface area contributed by atoms with E-state index in [0.717, 1.165) is 26.2 Å². The van der Waals surface area contributed by atoms with E-state index in [2.05, 4.69) is 27.8 Å². The van der Waals surface area contributed by atoms with Crippen molar-refractivity contribution in [2.45, 2.75) is 37.1 Å². The van der Waals surface area contributed by atoms with Crippen molar-refractivity contribution in [1.82, 2.24) is 14.3 Å². The van der Waals surface area contributed by atoms with Gasteiger partial charge in [0.1, 0.15) is 18.5 Å². The summed E-state index contributed by atoms with van der Waals surface area (Å²) in [5.41, 5.74) is 5.37. The van der Waals surface area contributed by atoms with Crippen molar-refractivity contribution < 1.29 is 27.1 Å². The lowest BCUT2D eigenvalue weighted by Gasteiger charge is -2.21. The number of amides is 2. The van der Waals surface area contributed by atoms with Crippen molar-refractivity contribution >= 4 is 38.7 Å². The zero-order chi connectivity index (χ0) is 35.7. The molecule has 2 aromatic heterocycles. The third-order valence-corrected chi connectivity index (χ3v) is 10.7. The van der Waals surface area contributed by atoms with Gasteiger partial charge in [0, 0.05) is 34.9 Å². The van der Waals surface area contributed by atoms with Gasteiger partial charge in [0.2, 0.25) is 5.91 Å². The molecule has 11 heteroatoms. The van der Waals surface area contributed by atoms with E-state index in [1.807, 2.05) is 50.2 Å². The Morgan fingerprint density at radius 3 is 2.18 bits per heavy atom. The van der Waals surface area contributed by atoms with E-state index in [4.69, 9.17) is 4.74 Å². The molecule has 0 radical (unpaired) electrons. The number of rotatable bonds is 10. The van der Waals surface area contributed by atoms with Crippen LogP contribution in [0.4, 0.5) is 14.9 Å². The predicted octanol–water partition coefficient (Wildman–Crippen LogP) is 7.97. The molecule has 258 valence electrons. The number of anilines is 1. The van der Waals surface area contributed by atoms with Gasteiger partial charge in [-0.1, -0.05) is 80.6 Å². The molecule has 0 bridgehead atoms.